The van der Waals surface area contributed by atoms with Crippen LogP contribution in [0.1, 0.15) is 66.5 Å². The van der Waals surface area contributed by atoms with Crippen molar-refractivity contribution in [2.75, 3.05) is 39.3 Å². The quantitative estimate of drug-likeness (QED) is 0.596. The molecule has 1 fully saturated rings. The largest absolute Gasteiger partial charge is 0.377 e. The maximum Gasteiger partial charge on any atom is 0.0596 e. The highest BCUT2D eigenvalue weighted by Crippen LogP contribution is 2.13. The molecule has 1 aromatic carbocycles. The van der Waals surface area contributed by atoms with Crippen LogP contribution in [0.5, 0.6) is 0 Å². The Balaban J connectivity index is 0.00000158. The predicted octanol–water partition coefficient (Wildman–Crippen LogP) is 5.48. The van der Waals surface area contributed by atoms with Gasteiger partial charge in [0.1, 0.15) is 0 Å². The second kappa shape index (κ2) is 16.1. The highest BCUT2D eigenvalue weighted by Gasteiger charge is 2.16. The Morgan fingerprint density at radius 1 is 0.778 bits per heavy atom. The van der Waals surface area contributed by atoms with Gasteiger partial charge in [0, 0.05) is 39.3 Å². The predicted molar refractivity (Wildman–Crippen MR) is 120 cm³/mol. The molecule has 0 aliphatic carbocycles. The summed E-state index contributed by atoms with van der Waals surface area (Å²) >= 11 is 0. The Bertz CT molecular complexity index is 434. The third kappa shape index (κ3) is 12.2. The maximum atomic E-state index is 5.65. The number of piperazine rings is 1. The fourth-order valence-corrected chi connectivity index (χ4v) is 3.10. The Morgan fingerprint density at radius 2 is 1.26 bits per heavy atom. The Kier molecular flexibility index (Phi) is 15.6. The molecule has 0 aromatic heterocycles. The fourth-order valence-electron chi connectivity index (χ4n) is 3.10. The lowest BCUT2D eigenvalue weighted by molar-refractivity contribution is 0.0437. The van der Waals surface area contributed by atoms with Crippen molar-refractivity contribution < 1.29 is 4.74 Å². The van der Waals surface area contributed by atoms with Crippen molar-refractivity contribution >= 4 is 0 Å². The first-order valence-electron chi connectivity index (χ1n) is 11.2. The zero-order valence-electron chi connectivity index (χ0n) is 19.4. The molecule has 0 radical (unpaired) electrons. The van der Waals surface area contributed by atoms with Gasteiger partial charge in [-0.05, 0) is 37.3 Å². The summed E-state index contributed by atoms with van der Waals surface area (Å²) in [6.07, 6.45) is 1.52. The molecule has 158 valence electrons. The van der Waals surface area contributed by atoms with E-state index in [-0.39, 0.29) is 0 Å². The lowest BCUT2D eigenvalue weighted by Crippen LogP contribution is -2.46. The SMILES string of the molecule is CC.CC.CC(C)Cc1ccc(CN2CCN(CCOC(C)C)CC2)cc1. The molecule has 0 bridgehead atoms. The molecular weight excluding hydrogens is 332 g/mol. The van der Waals surface area contributed by atoms with E-state index >= 15 is 0 Å². The summed E-state index contributed by atoms with van der Waals surface area (Å²) in [5, 5.41) is 0. The van der Waals surface area contributed by atoms with E-state index in [1.165, 1.54) is 17.5 Å². The van der Waals surface area contributed by atoms with Gasteiger partial charge in [-0.25, -0.2) is 0 Å². The zero-order valence-corrected chi connectivity index (χ0v) is 19.4. The van der Waals surface area contributed by atoms with Crippen molar-refractivity contribution in [2.45, 2.75) is 74.5 Å². The van der Waals surface area contributed by atoms with Crippen LogP contribution in [0.15, 0.2) is 24.3 Å². The third-order valence-electron chi connectivity index (χ3n) is 4.40. The van der Waals surface area contributed by atoms with Gasteiger partial charge in [-0.2, -0.15) is 0 Å². The minimum atomic E-state index is 0.343. The average Bonchev–Trinajstić information content (AvgIpc) is 2.67. The van der Waals surface area contributed by atoms with E-state index in [0.717, 1.165) is 51.8 Å². The minimum absolute atomic E-state index is 0.343. The average molecular weight is 379 g/mol. The summed E-state index contributed by atoms with van der Waals surface area (Å²) in [6, 6.07) is 9.21. The highest BCUT2D eigenvalue weighted by atomic mass is 16.5. The summed E-state index contributed by atoms with van der Waals surface area (Å²) in [4.78, 5) is 5.09. The van der Waals surface area contributed by atoms with Gasteiger partial charge < -0.3 is 4.74 Å². The van der Waals surface area contributed by atoms with Crippen molar-refractivity contribution in [1.29, 1.82) is 0 Å². The van der Waals surface area contributed by atoms with Gasteiger partial charge in [0.25, 0.3) is 0 Å². The molecule has 0 amide bonds. The Labute approximate surface area is 170 Å². The summed E-state index contributed by atoms with van der Waals surface area (Å²) in [5.41, 5.74) is 2.90. The van der Waals surface area contributed by atoms with Crippen LogP contribution in [-0.2, 0) is 17.7 Å². The Hall–Kier alpha value is -0.900. The molecule has 1 aromatic rings. The van der Waals surface area contributed by atoms with Gasteiger partial charge in [0.05, 0.1) is 12.7 Å². The maximum absolute atomic E-state index is 5.65. The van der Waals surface area contributed by atoms with Crippen molar-refractivity contribution in [2.24, 2.45) is 5.92 Å². The molecular formula is C24H46N2O. The minimum Gasteiger partial charge on any atom is -0.377 e. The van der Waals surface area contributed by atoms with Crippen LogP contribution in [-0.4, -0.2) is 55.2 Å². The van der Waals surface area contributed by atoms with Crippen molar-refractivity contribution in [3.05, 3.63) is 35.4 Å². The molecule has 3 nitrogen and oxygen atoms in total. The molecule has 2 rings (SSSR count). The molecule has 0 atom stereocenters. The second-order valence-electron chi connectivity index (χ2n) is 7.45. The van der Waals surface area contributed by atoms with Gasteiger partial charge >= 0.3 is 0 Å². The molecule has 1 saturated heterocycles. The van der Waals surface area contributed by atoms with E-state index < -0.39 is 0 Å². The number of nitrogens with zero attached hydrogens (tertiary/aromatic N) is 2. The van der Waals surface area contributed by atoms with E-state index in [0.29, 0.717) is 6.10 Å². The van der Waals surface area contributed by atoms with Crippen LogP contribution < -0.4 is 0 Å². The van der Waals surface area contributed by atoms with Crippen LogP contribution in [0.4, 0.5) is 0 Å². The monoisotopic (exact) mass is 378 g/mol. The van der Waals surface area contributed by atoms with Crippen LogP contribution in [0, 0.1) is 5.92 Å². The molecule has 3 heteroatoms. The Morgan fingerprint density at radius 3 is 1.74 bits per heavy atom. The summed E-state index contributed by atoms with van der Waals surface area (Å²) in [6.45, 7) is 24.4. The van der Waals surface area contributed by atoms with Crippen molar-refractivity contribution in [3.8, 4) is 0 Å². The van der Waals surface area contributed by atoms with Gasteiger partial charge in [-0.1, -0.05) is 65.8 Å². The summed E-state index contributed by atoms with van der Waals surface area (Å²) in [7, 11) is 0. The van der Waals surface area contributed by atoms with Crippen molar-refractivity contribution in [1.82, 2.24) is 9.80 Å². The van der Waals surface area contributed by atoms with Crippen LogP contribution in [0.25, 0.3) is 0 Å². The highest BCUT2D eigenvalue weighted by molar-refractivity contribution is 5.22. The molecule has 0 spiro atoms. The number of hydrogen-bond acceptors (Lipinski definition) is 3. The topological polar surface area (TPSA) is 15.7 Å². The van der Waals surface area contributed by atoms with Crippen LogP contribution >= 0.6 is 0 Å². The normalized spacial score (nSPS) is 15.2. The lowest BCUT2D eigenvalue weighted by atomic mass is 10.0. The number of hydrogen-bond donors (Lipinski definition) is 0. The van der Waals surface area contributed by atoms with E-state index in [2.05, 4.69) is 61.8 Å². The fraction of sp³-hybridized carbons (Fsp3) is 0.750. The van der Waals surface area contributed by atoms with E-state index in [9.17, 15) is 0 Å². The van der Waals surface area contributed by atoms with Gasteiger partial charge in [-0.15, -0.1) is 0 Å². The van der Waals surface area contributed by atoms with E-state index in [1.807, 2.05) is 27.7 Å². The first-order valence-corrected chi connectivity index (χ1v) is 11.2. The standard InChI is InChI=1S/C20H34N2O.2C2H6/c1-17(2)15-19-5-7-20(8-6-19)16-22-11-9-21(10-12-22)13-14-23-18(3)4;2*1-2/h5-8,17-18H,9-16H2,1-4H3;2*1-2H3. The van der Waals surface area contributed by atoms with Crippen LogP contribution in [0.3, 0.4) is 0 Å². The molecule has 0 saturated carbocycles. The van der Waals surface area contributed by atoms with Gasteiger partial charge in [-0.3, -0.25) is 9.80 Å². The first kappa shape index (κ1) is 26.1. The lowest BCUT2D eigenvalue weighted by Gasteiger charge is -2.34. The number of ether oxygens (including phenoxy) is 1. The third-order valence-corrected chi connectivity index (χ3v) is 4.40. The van der Waals surface area contributed by atoms with Gasteiger partial charge in [0.15, 0.2) is 0 Å². The molecule has 1 heterocycles. The molecule has 1 aliphatic rings. The van der Waals surface area contributed by atoms with Crippen molar-refractivity contribution in [3.63, 3.8) is 0 Å². The van der Waals surface area contributed by atoms with E-state index in [4.69, 9.17) is 4.74 Å². The zero-order chi connectivity index (χ0) is 20.7. The summed E-state index contributed by atoms with van der Waals surface area (Å²) in [5.74, 6) is 0.730. The summed E-state index contributed by atoms with van der Waals surface area (Å²) < 4.78 is 5.65. The van der Waals surface area contributed by atoms with E-state index in [1.54, 1.807) is 0 Å². The second-order valence-corrected chi connectivity index (χ2v) is 7.45. The number of rotatable bonds is 8. The number of benzene rings is 1. The molecule has 0 N–H and O–H groups in total. The molecule has 27 heavy (non-hydrogen) atoms. The first-order chi connectivity index (χ1) is 13.0. The smallest absolute Gasteiger partial charge is 0.0596 e. The van der Waals surface area contributed by atoms with Crippen LogP contribution in [0.2, 0.25) is 0 Å². The molecule has 1 aliphatic heterocycles. The van der Waals surface area contributed by atoms with Gasteiger partial charge in [0.2, 0.25) is 0 Å². The molecule has 0 unspecified atom stereocenters.